The van der Waals surface area contributed by atoms with Crippen LogP contribution in [-0.4, -0.2) is 19.7 Å². The standard InChI is InChI=1S/C18H17NO4/c1-3-22-17-10-13(12-19)8-9-16(17)23-18(20)11-14-6-4-5-7-15(14)21-2/h4-10H,3,11H2,1-2H3. The summed E-state index contributed by atoms with van der Waals surface area (Å²) in [6, 6.07) is 14.0. The highest BCUT2D eigenvalue weighted by Gasteiger charge is 2.14. The minimum absolute atomic E-state index is 0.0789. The zero-order valence-electron chi connectivity index (χ0n) is 13.0. The van der Waals surface area contributed by atoms with Gasteiger partial charge in [-0.1, -0.05) is 18.2 Å². The van der Waals surface area contributed by atoms with Gasteiger partial charge in [0.1, 0.15) is 5.75 Å². The first kappa shape index (κ1) is 16.4. The fraction of sp³-hybridized carbons (Fsp3) is 0.222. The number of ether oxygens (including phenoxy) is 3. The van der Waals surface area contributed by atoms with E-state index >= 15 is 0 Å². The smallest absolute Gasteiger partial charge is 0.315 e. The Bertz CT molecular complexity index is 734. The summed E-state index contributed by atoms with van der Waals surface area (Å²) in [7, 11) is 1.55. The maximum Gasteiger partial charge on any atom is 0.315 e. The SMILES string of the molecule is CCOc1cc(C#N)ccc1OC(=O)Cc1ccccc1OC. The molecule has 0 bridgehead atoms. The lowest BCUT2D eigenvalue weighted by Gasteiger charge is -2.12. The predicted octanol–water partition coefficient (Wildman–Crippen LogP) is 3.11. The van der Waals surface area contributed by atoms with Crippen LogP contribution in [0.4, 0.5) is 0 Å². The molecule has 0 heterocycles. The summed E-state index contributed by atoms with van der Waals surface area (Å²) in [5, 5.41) is 8.93. The molecule has 0 aromatic heterocycles. The fourth-order valence-electron chi connectivity index (χ4n) is 2.09. The first-order chi connectivity index (χ1) is 11.2. The van der Waals surface area contributed by atoms with Crippen LogP contribution in [0, 0.1) is 11.3 Å². The van der Waals surface area contributed by atoms with Crippen molar-refractivity contribution >= 4 is 5.97 Å². The number of nitriles is 1. The first-order valence-corrected chi connectivity index (χ1v) is 7.17. The Hall–Kier alpha value is -3.00. The second kappa shape index (κ2) is 7.85. The number of carbonyl (C=O) groups excluding carboxylic acids is 1. The van der Waals surface area contributed by atoms with Gasteiger partial charge in [-0.15, -0.1) is 0 Å². The highest BCUT2D eigenvalue weighted by atomic mass is 16.6. The number of esters is 1. The van der Waals surface area contributed by atoms with E-state index in [-0.39, 0.29) is 6.42 Å². The van der Waals surface area contributed by atoms with E-state index < -0.39 is 5.97 Å². The van der Waals surface area contributed by atoms with Crippen LogP contribution < -0.4 is 14.2 Å². The minimum atomic E-state index is -0.430. The molecule has 0 unspecified atom stereocenters. The van der Waals surface area contributed by atoms with Crippen molar-refractivity contribution in [2.24, 2.45) is 0 Å². The van der Waals surface area contributed by atoms with Gasteiger partial charge in [-0.05, 0) is 25.1 Å². The third-order valence-electron chi connectivity index (χ3n) is 3.12. The number of benzene rings is 2. The van der Waals surface area contributed by atoms with Crippen molar-refractivity contribution in [3.63, 3.8) is 0 Å². The molecule has 0 atom stereocenters. The highest BCUT2D eigenvalue weighted by molar-refractivity contribution is 5.76. The van der Waals surface area contributed by atoms with Crippen LogP contribution in [0.25, 0.3) is 0 Å². The quantitative estimate of drug-likeness (QED) is 0.605. The highest BCUT2D eigenvalue weighted by Crippen LogP contribution is 2.29. The molecule has 5 nitrogen and oxygen atoms in total. The van der Waals surface area contributed by atoms with Crippen molar-refractivity contribution in [1.29, 1.82) is 5.26 Å². The number of hydrogen-bond acceptors (Lipinski definition) is 5. The molecule has 2 rings (SSSR count). The zero-order chi connectivity index (χ0) is 16.7. The topological polar surface area (TPSA) is 68.5 Å². The Morgan fingerprint density at radius 3 is 2.61 bits per heavy atom. The van der Waals surface area contributed by atoms with E-state index in [9.17, 15) is 4.79 Å². The van der Waals surface area contributed by atoms with Crippen LogP contribution >= 0.6 is 0 Å². The summed E-state index contributed by atoms with van der Waals surface area (Å²) in [5.41, 5.74) is 1.18. The molecule has 0 aliphatic carbocycles. The summed E-state index contributed by atoms with van der Waals surface area (Å²) in [6.07, 6.45) is 0.0789. The molecule has 0 N–H and O–H groups in total. The minimum Gasteiger partial charge on any atom is -0.496 e. The maximum atomic E-state index is 12.2. The maximum absolute atomic E-state index is 12.2. The lowest BCUT2D eigenvalue weighted by atomic mass is 10.1. The lowest BCUT2D eigenvalue weighted by Crippen LogP contribution is -2.13. The Morgan fingerprint density at radius 1 is 1.13 bits per heavy atom. The molecule has 0 aliphatic heterocycles. The van der Waals surface area contributed by atoms with E-state index in [4.69, 9.17) is 19.5 Å². The lowest BCUT2D eigenvalue weighted by molar-refractivity contribution is -0.133. The normalized spacial score (nSPS) is 9.78. The number of hydrogen-bond donors (Lipinski definition) is 0. The molecular weight excluding hydrogens is 294 g/mol. The van der Waals surface area contributed by atoms with E-state index in [2.05, 4.69) is 0 Å². The van der Waals surface area contributed by atoms with Gasteiger partial charge in [-0.2, -0.15) is 5.26 Å². The zero-order valence-corrected chi connectivity index (χ0v) is 13.0. The van der Waals surface area contributed by atoms with E-state index in [1.54, 1.807) is 31.4 Å². The van der Waals surface area contributed by atoms with E-state index in [1.165, 1.54) is 0 Å². The van der Waals surface area contributed by atoms with Gasteiger partial charge < -0.3 is 14.2 Å². The van der Waals surface area contributed by atoms with Gasteiger partial charge in [-0.25, -0.2) is 0 Å². The molecule has 0 saturated carbocycles. The summed E-state index contributed by atoms with van der Waals surface area (Å²) in [4.78, 5) is 12.2. The third kappa shape index (κ3) is 4.24. The average Bonchev–Trinajstić information content (AvgIpc) is 2.57. The molecule has 0 amide bonds. The molecule has 0 fully saturated rings. The molecule has 2 aromatic rings. The number of para-hydroxylation sites is 1. The van der Waals surface area contributed by atoms with Gasteiger partial charge in [0.2, 0.25) is 0 Å². The van der Waals surface area contributed by atoms with E-state index in [0.717, 1.165) is 5.56 Å². The number of rotatable bonds is 6. The summed E-state index contributed by atoms with van der Waals surface area (Å²) in [6.45, 7) is 2.23. The molecule has 0 radical (unpaired) electrons. The first-order valence-electron chi connectivity index (χ1n) is 7.17. The van der Waals surface area contributed by atoms with Crippen LogP contribution in [0.3, 0.4) is 0 Å². The van der Waals surface area contributed by atoms with E-state index in [0.29, 0.717) is 29.4 Å². The van der Waals surface area contributed by atoms with E-state index in [1.807, 2.05) is 31.2 Å². The molecule has 0 spiro atoms. The van der Waals surface area contributed by atoms with Gasteiger partial charge in [0.15, 0.2) is 11.5 Å². The molecule has 23 heavy (non-hydrogen) atoms. The monoisotopic (exact) mass is 311 g/mol. The van der Waals surface area contributed by atoms with Crippen LogP contribution in [0.1, 0.15) is 18.1 Å². The largest absolute Gasteiger partial charge is 0.496 e. The van der Waals surface area contributed by atoms with Crippen molar-refractivity contribution in [3.05, 3.63) is 53.6 Å². The molecule has 5 heteroatoms. The van der Waals surface area contributed by atoms with Gasteiger partial charge in [0.05, 0.1) is 31.8 Å². The van der Waals surface area contributed by atoms with Gasteiger partial charge in [0, 0.05) is 11.6 Å². The van der Waals surface area contributed by atoms with Crippen molar-refractivity contribution in [3.8, 4) is 23.3 Å². The number of nitrogens with zero attached hydrogens (tertiary/aromatic N) is 1. The molecule has 0 saturated heterocycles. The average molecular weight is 311 g/mol. The number of methoxy groups -OCH3 is 1. The van der Waals surface area contributed by atoms with Gasteiger partial charge >= 0.3 is 5.97 Å². The van der Waals surface area contributed by atoms with Gasteiger partial charge in [0.25, 0.3) is 0 Å². The van der Waals surface area contributed by atoms with Crippen molar-refractivity contribution in [2.75, 3.05) is 13.7 Å². The number of carbonyl (C=O) groups is 1. The summed E-state index contributed by atoms with van der Waals surface area (Å²) in [5.74, 6) is 0.875. The fourth-order valence-corrected chi connectivity index (χ4v) is 2.09. The Balaban J connectivity index is 2.15. The summed E-state index contributed by atoms with van der Waals surface area (Å²) < 4.78 is 16.0. The molecule has 2 aromatic carbocycles. The molecule has 0 aliphatic rings. The Labute approximate surface area is 135 Å². The van der Waals surface area contributed by atoms with Crippen molar-refractivity contribution in [2.45, 2.75) is 13.3 Å². The van der Waals surface area contributed by atoms with Crippen LogP contribution in [0.15, 0.2) is 42.5 Å². The van der Waals surface area contributed by atoms with Crippen LogP contribution in [0.2, 0.25) is 0 Å². The summed E-state index contributed by atoms with van der Waals surface area (Å²) >= 11 is 0. The van der Waals surface area contributed by atoms with Gasteiger partial charge in [-0.3, -0.25) is 4.79 Å². The van der Waals surface area contributed by atoms with Crippen LogP contribution in [-0.2, 0) is 11.2 Å². The molecular formula is C18H17NO4. The predicted molar refractivity (Wildman–Crippen MR) is 84.7 cm³/mol. The molecule has 118 valence electrons. The second-order valence-electron chi connectivity index (χ2n) is 4.67. The Morgan fingerprint density at radius 2 is 1.91 bits per heavy atom. The second-order valence-corrected chi connectivity index (χ2v) is 4.67. The van der Waals surface area contributed by atoms with Crippen molar-refractivity contribution < 1.29 is 19.0 Å². The Kier molecular flexibility index (Phi) is 5.59. The third-order valence-corrected chi connectivity index (χ3v) is 3.12. The van der Waals surface area contributed by atoms with Crippen LogP contribution in [0.5, 0.6) is 17.2 Å². The van der Waals surface area contributed by atoms with Crippen molar-refractivity contribution in [1.82, 2.24) is 0 Å².